The number of likely N-dealkylation sites (tertiary alicyclic amines) is 1. The van der Waals surface area contributed by atoms with Crippen LogP contribution in [0.4, 0.5) is 0 Å². The standard InChI is InChI=1S/C29H44N2O3.C2H7N.C2H5N.CH4/c1-6-22-11-13-25(14-12-22)34-26-15-17-31(18-16-26)28(33)27(29(2,3)4)24(20-30(5)21-32)19-23-9-7-8-10-23;1-3-2;1-2-3;/h6,11-14,21,23-24,26-27H,1,7-10,15-20H2,2-5H3;3H,1-2H3;2H,1,3H2;1H4/t24?,27-;;;/m1.../s1. The lowest BCUT2D eigenvalue weighted by atomic mass is 9.69. The molecular weight excluding hydrogens is 512 g/mol. The molecule has 0 bridgehead atoms. The van der Waals surface area contributed by atoms with Gasteiger partial charge in [-0.05, 0) is 61.7 Å². The number of nitrogens with one attached hydrogen (secondary N) is 1. The number of benzene rings is 1. The van der Waals surface area contributed by atoms with Gasteiger partial charge in [-0.1, -0.05) is 85.2 Å². The number of carbonyl (C=O) groups is 2. The van der Waals surface area contributed by atoms with E-state index >= 15 is 0 Å². The van der Waals surface area contributed by atoms with E-state index in [9.17, 15) is 9.59 Å². The molecule has 1 saturated carbocycles. The van der Waals surface area contributed by atoms with E-state index in [1.165, 1.54) is 31.9 Å². The summed E-state index contributed by atoms with van der Waals surface area (Å²) in [6.45, 7) is 15.6. The van der Waals surface area contributed by atoms with Crippen LogP contribution in [0.25, 0.3) is 6.08 Å². The Balaban J connectivity index is 0.00000210. The van der Waals surface area contributed by atoms with Crippen molar-refractivity contribution in [2.45, 2.75) is 79.2 Å². The molecule has 3 rings (SSSR count). The van der Waals surface area contributed by atoms with Crippen molar-refractivity contribution < 1.29 is 14.3 Å². The summed E-state index contributed by atoms with van der Waals surface area (Å²) in [6, 6.07) is 7.99. The van der Waals surface area contributed by atoms with Gasteiger partial charge in [0, 0.05) is 45.4 Å². The summed E-state index contributed by atoms with van der Waals surface area (Å²) in [6.07, 6.45) is 11.9. The van der Waals surface area contributed by atoms with E-state index in [0.717, 1.165) is 50.1 Å². The Morgan fingerprint density at radius 1 is 1.12 bits per heavy atom. The molecule has 1 aliphatic carbocycles. The Morgan fingerprint density at radius 2 is 1.63 bits per heavy atom. The Labute approximate surface area is 251 Å². The highest BCUT2D eigenvalue weighted by Crippen LogP contribution is 2.41. The number of hydrogen-bond acceptors (Lipinski definition) is 5. The second-order valence-electron chi connectivity index (χ2n) is 12.2. The maximum atomic E-state index is 13.9. The van der Waals surface area contributed by atoms with Crippen molar-refractivity contribution in [1.29, 1.82) is 0 Å². The fourth-order valence-electron chi connectivity index (χ4n) is 5.95. The topological polar surface area (TPSA) is 87.9 Å². The minimum absolute atomic E-state index is 0. The molecule has 1 heterocycles. The van der Waals surface area contributed by atoms with Crippen LogP contribution in [0.1, 0.15) is 78.7 Å². The molecule has 3 N–H and O–H groups in total. The lowest BCUT2D eigenvalue weighted by Gasteiger charge is -2.42. The fourth-order valence-corrected chi connectivity index (χ4v) is 5.95. The van der Waals surface area contributed by atoms with Crippen LogP contribution in [0, 0.1) is 23.2 Å². The molecule has 7 heteroatoms. The average Bonchev–Trinajstić information content (AvgIpc) is 3.43. The summed E-state index contributed by atoms with van der Waals surface area (Å²) in [5.74, 6) is 1.89. The Bertz CT molecular complexity index is 867. The monoisotopic (exact) mass is 572 g/mol. The van der Waals surface area contributed by atoms with Gasteiger partial charge in [-0.25, -0.2) is 0 Å². The van der Waals surface area contributed by atoms with Crippen LogP contribution < -0.4 is 15.8 Å². The van der Waals surface area contributed by atoms with E-state index < -0.39 is 0 Å². The molecule has 0 radical (unpaired) electrons. The Morgan fingerprint density at radius 3 is 2.07 bits per heavy atom. The minimum atomic E-state index is -0.162. The largest absolute Gasteiger partial charge is 0.490 e. The molecule has 1 aromatic rings. The van der Waals surface area contributed by atoms with Gasteiger partial charge in [0.2, 0.25) is 12.3 Å². The number of nitrogens with zero attached hydrogens (tertiary/aromatic N) is 2. The third-order valence-corrected chi connectivity index (χ3v) is 7.66. The molecule has 2 amide bonds. The van der Waals surface area contributed by atoms with E-state index in [4.69, 9.17) is 4.74 Å². The number of amides is 2. The van der Waals surface area contributed by atoms with Gasteiger partial charge < -0.3 is 25.6 Å². The average molecular weight is 573 g/mol. The molecular formula is C34H60N4O3. The summed E-state index contributed by atoms with van der Waals surface area (Å²) >= 11 is 0. The summed E-state index contributed by atoms with van der Waals surface area (Å²) < 4.78 is 6.20. The van der Waals surface area contributed by atoms with Gasteiger partial charge in [-0.15, -0.1) is 0 Å². The van der Waals surface area contributed by atoms with Crippen LogP contribution in [0.5, 0.6) is 5.75 Å². The van der Waals surface area contributed by atoms with Gasteiger partial charge in [0.1, 0.15) is 11.9 Å². The molecule has 41 heavy (non-hydrogen) atoms. The highest BCUT2D eigenvalue weighted by atomic mass is 16.5. The van der Waals surface area contributed by atoms with Gasteiger partial charge in [0.05, 0.1) is 0 Å². The van der Waals surface area contributed by atoms with Crippen molar-refractivity contribution in [3.8, 4) is 5.75 Å². The van der Waals surface area contributed by atoms with E-state index in [0.29, 0.717) is 12.5 Å². The minimum Gasteiger partial charge on any atom is -0.490 e. The molecule has 2 atom stereocenters. The molecule has 0 spiro atoms. The third-order valence-electron chi connectivity index (χ3n) is 7.66. The lowest BCUT2D eigenvalue weighted by molar-refractivity contribution is -0.145. The van der Waals surface area contributed by atoms with E-state index in [1.807, 2.05) is 51.5 Å². The molecule has 2 fully saturated rings. The predicted octanol–water partition coefficient (Wildman–Crippen LogP) is 6.21. The second-order valence-corrected chi connectivity index (χ2v) is 12.2. The lowest BCUT2D eigenvalue weighted by Crippen LogP contribution is -2.50. The first-order valence-electron chi connectivity index (χ1n) is 14.8. The van der Waals surface area contributed by atoms with Crippen LogP contribution in [-0.2, 0) is 9.59 Å². The SMILES string of the molecule is C.C=CN.C=Cc1ccc(OC2CCN(C(=O)[C@@H](C(CC3CCCC3)CN(C)C=O)C(C)(C)C)CC2)cc1.CNC. The van der Waals surface area contributed by atoms with Crippen molar-refractivity contribution in [3.05, 3.63) is 49.2 Å². The van der Waals surface area contributed by atoms with Crippen molar-refractivity contribution in [2.24, 2.45) is 28.9 Å². The molecule has 1 aromatic carbocycles. The summed E-state index contributed by atoms with van der Waals surface area (Å²) in [5.41, 5.74) is 5.53. The fraction of sp³-hybridized carbons (Fsp3) is 0.647. The number of nitrogens with two attached hydrogens (primary N) is 1. The van der Waals surface area contributed by atoms with Crippen LogP contribution >= 0.6 is 0 Å². The quantitative estimate of drug-likeness (QED) is 0.326. The van der Waals surface area contributed by atoms with Crippen molar-refractivity contribution >= 4 is 18.4 Å². The van der Waals surface area contributed by atoms with Crippen molar-refractivity contribution in [2.75, 3.05) is 40.8 Å². The number of ether oxygens (including phenoxy) is 1. The van der Waals surface area contributed by atoms with Crippen LogP contribution in [-0.4, -0.2) is 69.0 Å². The molecule has 1 saturated heterocycles. The zero-order valence-electron chi connectivity index (χ0n) is 26.0. The van der Waals surface area contributed by atoms with E-state index in [1.54, 1.807) is 4.90 Å². The molecule has 2 aliphatic rings. The molecule has 1 aliphatic heterocycles. The normalized spacial score (nSPS) is 16.9. The summed E-state index contributed by atoms with van der Waals surface area (Å²) in [5, 5.41) is 2.75. The van der Waals surface area contributed by atoms with Crippen LogP contribution in [0.2, 0.25) is 0 Å². The van der Waals surface area contributed by atoms with Gasteiger partial charge in [-0.2, -0.15) is 0 Å². The molecule has 0 aromatic heterocycles. The summed E-state index contributed by atoms with van der Waals surface area (Å²) in [4.78, 5) is 29.2. The number of hydrogen-bond donors (Lipinski definition) is 2. The van der Waals surface area contributed by atoms with Crippen LogP contribution in [0.3, 0.4) is 0 Å². The first kappa shape index (κ1) is 38.2. The van der Waals surface area contributed by atoms with Gasteiger partial charge in [-0.3, -0.25) is 9.59 Å². The summed E-state index contributed by atoms with van der Waals surface area (Å²) in [7, 11) is 5.59. The van der Waals surface area contributed by atoms with Gasteiger partial charge in [0.15, 0.2) is 0 Å². The Hall–Kier alpha value is -2.80. The number of rotatable bonds is 10. The van der Waals surface area contributed by atoms with Crippen molar-refractivity contribution in [1.82, 2.24) is 15.1 Å². The highest BCUT2D eigenvalue weighted by Gasteiger charge is 2.42. The smallest absolute Gasteiger partial charge is 0.226 e. The van der Waals surface area contributed by atoms with E-state index in [2.05, 4.69) is 49.9 Å². The zero-order valence-corrected chi connectivity index (χ0v) is 26.0. The first-order valence-corrected chi connectivity index (χ1v) is 14.8. The van der Waals surface area contributed by atoms with Crippen molar-refractivity contribution in [3.63, 3.8) is 0 Å². The molecule has 234 valence electrons. The maximum Gasteiger partial charge on any atom is 0.226 e. The zero-order chi connectivity index (χ0) is 30.1. The third kappa shape index (κ3) is 13.6. The second kappa shape index (κ2) is 20.1. The first-order chi connectivity index (χ1) is 19.0. The Kier molecular flexibility index (Phi) is 18.8. The highest BCUT2D eigenvalue weighted by molar-refractivity contribution is 5.80. The van der Waals surface area contributed by atoms with Gasteiger partial charge in [0.25, 0.3) is 0 Å². The maximum absolute atomic E-state index is 13.9. The van der Waals surface area contributed by atoms with Crippen LogP contribution in [0.15, 0.2) is 43.6 Å². The number of carbonyl (C=O) groups excluding carboxylic acids is 2. The van der Waals surface area contributed by atoms with E-state index in [-0.39, 0.29) is 36.7 Å². The molecule has 7 nitrogen and oxygen atoms in total. The molecule has 1 unspecified atom stereocenters. The predicted molar refractivity (Wildman–Crippen MR) is 175 cm³/mol. The number of piperidine rings is 1. The van der Waals surface area contributed by atoms with Gasteiger partial charge >= 0.3 is 0 Å².